The molecule has 0 radical (unpaired) electrons. The van der Waals surface area contributed by atoms with E-state index in [0.717, 1.165) is 47.1 Å². The molecule has 0 bridgehead atoms. The molecule has 0 nitrogen and oxygen atoms in total. The van der Waals surface area contributed by atoms with Crippen molar-refractivity contribution in [2.45, 2.75) is 51.6 Å². The molecule has 0 spiro atoms. The topological polar surface area (TPSA) is 0 Å². The summed E-state index contributed by atoms with van der Waals surface area (Å²) < 4.78 is 67.7. The Balaban J connectivity index is 1.43. The third kappa shape index (κ3) is 6.08. The van der Waals surface area contributed by atoms with Gasteiger partial charge in [-0.3, -0.25) is 0 Å². The monoisotopic (exact) mass is 482 g/mol. The maximum absolute atomic E-state index is 15.1. The van der Waals surface area contributed by atoms with Crippen LogP contribution in [0.25, 0.3) is 10.8 Å². The summed E-state index contributed by atoms with van der Waals surface area (Å²) in [6.45, 7) is 2.07. The minimum atomic E-state index is -4.37. The summed E-state index contributed by atoms with van der Waals surface area (Å²) in [7, 11) is 0. The molecule has 0 heterocycles. The second-order valence-electron chi connectivity index (χ2n) is 8.96. The molecule has 0 unspecified atom stereocenters. The van der Waals surface area contributed by atoms with E-state index in [-0.39, 0.29) is 11.6 Å². The third-order valence-electron chi connectivity index (χ3n) is 6.40. The second-order valence-corrected chi connectivity index (χ2v) is 8.96. The number of benzene rings is 4. The van der Waals surface area contributed by atoms with Gasteiger partial charge in [0.2, 0.25) is 0 Å². The zero-order chi connectivity index (χ0) is 25.0. The fraction of sp³-hybridized carbons (Fsp3) is 0.267. The van der Waals surface area contributed by atoms with Crippen molar-refractivity contribution >= 4 is 10.8 Å². The Bertz CT molecular complexity index is 1300. The quantitative estimate of drug-likeness (QED) is 0.220. The Kier molecular flexibility index (Phi) is 7.54. The average molecular weight is 483 g/mol. The van der Waals surface area contributed by atoms with Crippen molar-refractivity contribution in [2.24, 2.45) is 0 Å². The highest BCUT2D eigenvalue weighted by Gasteiger charge is 2.29. The smallest absolute Gasteiger partial charge is 0.207 e. The second kappa shape index (κ2) is 10.6. The van der Waals surface area contributed by atoms with Crippen LogP contribution in [0.5, 0.6) is 0 Å². The minimum absolute atomic E-state index is 0.180. The largest absolute Gasteiger partial charge is 0.416 e. The van der Waals surface area contributed by atoms with Crippen molar-refractivity contribution in [3.63, 3.8) is 0 Å². The van der Waals surface area contributed by atoms with Gasteiger partial charge in [-0.1, -0.05) is 67.9 Å². The molecule has 0 N–H and O–H groups in total. The predicted molar refractivity (Wildman–Crippen MR) is 131 cm³/mol. The first kappa shape index (κ1) is 24.9. The summed E-state index contributed by atoms with van der Waals surface area (Å²) in [5.74, 6) is -0.487. The molecule has 0 saturated heterocycles. The predicted octanol–water partition coefficient (Wildman–Crippen LogP) is 8.66. The molecule has 0 aliphatic rings. The van der Waals surface area contributed by atoms with Crippen molar-refractivity contribution in [1.29, 1.82) is 0 Å². The van der Waals surface area contributed by atoms with E-state index in [1.165, 1.54) is 12.1 Å². The van der Waals surface area contributed by atoms with Crippen LogP contribution in [-0.2, 0) is 38.3 Å². The molecule has 0 aliphatic heterocycles. The fourth-order valence-corrected chi connectivity index (χ4v) is 4.39. The van der Waals surface area contributed by atoms with Crippen molar-refractivity contribution in [2.75, 3.05) is 0 Å². The van der Waals surface area contributed by atoms with Crippen molar-refractivity contribution in [1.82, 2.24) is 0 Å². The van der Waals surface area contributed by atoms with Crippen LogP contribution in [-0.4, -0.2) is 0 Å². The van der Waals surface area contributed by atoms with E-state index in [9.17, 15) is 17.6 Å². The van der Waals surface area contributed by atoms with Crippen LogP contribution in [0.4, 0.5) is 22.0 Å². The van der Waals surface area contributed by atoms with E-state index >= 15 is 4.39 Å². The lowest BCUT2D eigenvalue weighted by molar-refractivity contribution is -0.137. The summed E-state index contributed by atoms with van der Waals surface area (Å²) in [5.41, 5.74) is 3.25. The summed E-state index contributed by atoms with van der Waals surface area (Å²) >= 11 is 0. The van der Waals surface area contributed by atoms with Gasteiger partial charge < -0.3 is 0 Å². The van der Waals surface area contributed by atoms with Gasteiger partial charge in [0.25, 0.3) is 0 Å². The first-order chi connectivity index (χ1) is 16.7. The summed E-state index contributed by atoms with van der Waals surface area (Å²) in [6, 6.07) is 19.6. The molecule has 0 aliphatic carbocycles. The Hall–Kier alpha value is -3.21. The number of halogens is 5. The number of alkyl halides is 3. The van der Waals surface area contributed by atoms with E-state index in [0.29, 0.717) is 42.2 Å². The first-order valence-electron chi connectivity index (χ1n) is 11.9. The van der Waals surface area contributed by atoms with Gasteiger partial charge in [-0.05, 0) is 83.5 Å². The third-order valence-corrected chi connectivity index (χ3v) is 6.40. The fourth-order valence-electron chi connectivity index (χ4n) is 4.39. The number of rotatable bonds is 8. The number of hydrogen-bond acceptors (Lipinski definition) is 0. The standard InChI is InChI=1S/C30H27F5/c1-2-3-21-5-10-23(28(31)19-21)11-6-22-9-17-27-25(18-22)14-13-24(29(27)32)12-4-20-7-15-26(16-8-20)30(33,34)35/h5,7-10,13-19H,2-4,6,11-12H2,1H3. The summed E-state index contributed by atoms with van der Waals surface area (Å²) in [5, 5.41) is 1.28. The lowest BCUT2D eigenvalue weighted by Crippen LogP contribution is -2.04. The minimum Gasteiger partial charge on any atom is -0.207 e. The van der Waals surface area contributed by atoms with Crippen molar-refractivity contribution < 1.29 is 22.0 Å². The molecule has 0 fully saturated rings. The summed E-state index contributed by atoms with van der Waals surface area (Å²) in [4.78, 5) is 0. The number of fused-ring (bicyclic) bond motifs is 1. The average Bonchev–Trinajstić information content (AvgIpc) is 2.83. The lowest BCUT2D eigenvalue weighted by atomic mass is 9.96. The molecule has 0 saturated carbocycles. The highest BCUT2D eigenvalue weighted by Crippen LogP contribution is 2.29. The van der Waals surface area contributed by atoms with Crippen LogP contribution in [0.3, 0.4) is 0 Å². The molecule has 0 aromatic heterocycles. The molecular weight excluding hydrogens is 455 g/mol. The van der Waals surface area contributed by atoms with Gasteiger partial charge in [-0.15, -0.1) is 0 Å². The molecule has 4 rings (SSSR count). The highest BCUT2D eigenvalue weighted by molar-refractivity contribution is 5.84. The van der Waals surface area contributed by atoms with Gasteiger partial charge in [0.05, 0.1) is 5.56 Å². The molecule has 4 aromatic rings. The van der Waals surface area contributed by atoms with Crippen LogP contribution < -0.4 is 0 Å². The van der Waals surface area contributed by atoms with Crippen LogP contribution in [0.2, 0.25) is 0 Å². The Labute approximate surface area is 202 Å². The Morgan fingerprint density at radius 3 is 1.89 bits per heavy atom. The van der Waals surface area contributed by atoms with Gasteiger partial charge >= 0.3 is 6.18 Å². The van der Waals surface area contributed by atoms with Crippen molar-refractivity contribution in [3.05, 3.63) is 118 Å². The van der Waals surface area contributed by atoms with Gasteiger partial charge in [0, 0.05) is 5.39 Å². The molecule has 5 heteroatoms. The van der Waals surface area contributed by atoms with Gasteiger partial charge in [-0.2, -0.15) is 13.2 Å². The van der Waals surface area contributed by atoms with Crippen molar-refractivity contribution in [3.8, 4) is 0 Å². The number of hydrogen-bond donors (Lipinski definition) is 0. The molecule has 0 amide bonds. The van der Waals surface area contributed by atoms with Crippen LogP contribution in [0.1, 0.15) is 46.7 Å². The lowest BCUT2D eigenvalue weighted by Gasteiger charge is -2.10. The van der Waals surface area contributed by atoms with E-state index in [1.807, 2.05) is 30.3 Å². The zero-order valence-corrected chi connectivity index (χ0v) is 19.6. The Morgan fingerprint density at radius 2 is 1.20 bits per heavy atom. The Morgan fingerprint density at radius 1 is 0.600 bits per heavy atom. The normalized spacial score (nSPS) is 11.8. The van der Waals surface area contributed by atoms with E-state index in [1.54, 1.807) is 18.2 Å². The van der Waals surface area contributed by atoms with E-state index in [4.69, 9.17) is 0 Å². The maximum Gasteiger partial charge on any atom is 0.416 e. The molecular formula is C30H27F5. The first-order valence-corrected chi connectivity index (χ1v) is 11.9. The molecule has 35 heavy (non-hydrogen) atoms. The van der Waals surface area contributed by atoms with E-state index < -0.39 is 11.7 Å². The summed E-state index contributed by atoms with van der Waals surface area (Å²) in [6.07, 6.45) is -0.476. The van der Waals surface area contributed by atoms with Crippen LogP contribution in [0.15, 0.2) is 72.8 Å². The van der Waals surface area contributed by atoms with Gasteiger partial charge in [0.1, 0.15) is 11.6 Å². The van der Waals surface area contributed by atoms with Gasteiger partial charge in [-0.25, -0.2) is 8.78 Å². The zero-order valence-electron chi connectivity index (χ0n) is 19.6. The highest BCUT2D eigenvalue weighted by atomic mass is 19.4. The van der Waals surface area contributed by atoms with Crippen LogP contribution in [0, 0.1) is 11.6 Å². The maximum atomic E-state index is 15.1. The SMILES string of the molecule is CCCc1ccc(CCc2ccc3c(F)c(CCc4ccc(C(F)(F)F)cc4)ccc3c2)c(F)c1. The molecule has 4 aromatic carbocycles. The van der Waals surface area contributed by atoms with Crippen LogP contribution >= 0.6 is 0 Å². The molecule has 0 atom stereocenters. The molecule has 182 valence electrons. The van der Waals surface area contributed by atoms with Gasteiger partial charge in [0.15, 0.2) is 0 Å². The van der Waals surface area contributed by atoms with E-state index in [2.05, 4.69) is 6.92 Å². The number of aryl methyl sites for hydroxylation is 5.